The Bertz CT molecular complexity index is 1630. The van der Waals surface area contributed by atoms with E-state index in [4.69, 9.17) is 25.8 Å². The van der Waals surface area contributed by atoms with Crippen molar-refractivity contribution in [3.8, 4) is 28.4 Å². The highest BCUT2D eigenvalue weighted by Gasteiger charge is 2.48. The molecule has 39 heavy (non-hydrogen) atoms. The number of pyridine rings is 1. The normalized spacial score (nSPS) is 24.2. The first-order chi connectivity index (χ1) is 18.7. The number of aromatic nitrogens is 3. The highest BCUT2D eigenvalue weighted by molar-refractivity contribution is 7.90. The van der Waals surface area contributed by atoms with Crippen LogP contribution >= 0.6 is 11.6 Å². The Morgan fingerprint density at radius 2 is 1.67 bits per heavy atom. The van der Waals surface area contributed by atoms with Crippen LogP contribution < -0.4 is 4.74 Å². The van der Waals surface area contributed by atoms with Gasteiger partial charge in [0.15, 0.2) is 11.8 Å². The molecule has 0 amide bonds. The molecule has 4 heterocycles. The van der Waals surface area contributed by atoms with Crippen molar-refractivity contribution in [2.45, 2.75) is 24.4 Å². The van der Waals surface area contributed by atoms with Crippen LogP contribution in [0.1, 0.15) is 0 Å². The van der Waals surface area contributed by atoms with E-state index in [-0.39, 0.29) is 24.9 Å². The molecule has 0 aliphatic carbocycles. The lowest BCUT2D eigenvalue weighted by Gasteiger charge is -2.15. The van der Waals surface area contributed by atoms with Gasteiger partial charge < -0.3 is 24.3 Å². The molecule has 6 rings (SSSR count). The van der Waals surface area contributed by atoms with Crippen molar-refractivity contribution in [2.75, 3.05) is 33.6 Å². The molecule has 4 aromatic rings. The van der Waals surface area contributed by atoms with Crippen molar-refractivity contribution in [1.82, 2.24) is 19.3 Å². The van der Waals surface area contributed by atoms with Crippen molar-refractivity contribution in [2.24, 2.45) is 4.36 Å². The van der Waals surface area contributed by atoms with E-state index in [9.17, 15) is 9.32 Å². The van der Waals surface area contributed by atoms with Gasteiger partial charge in [-0.05, 0) is 29.3 Å². The standard InChI is InChI=1S/C27H28ClN5O5S/c1-33(2)39(3,35)32-18-10-8-16(9-11-18)15-4-6-17(7-5-15)23-19(28)12-20-26(30-23)31-27(29-20)38-22-14-37-24-21(34)13-36-25(22)24/h4-12,21-22,24-25,34H,13-14H2,1-3H3,(H,29,30,31)/t21?,22-,24?,25-,39?/m1/s1. The summed E-state index contributed by atoms with van der Waals surface area (Å²) >= 11 is 6.60. The highest BCUT2D eigenvalue weighted by atomic mass is 35.5. The molecule has 204 valence electrons. The van der Waals surface area contributed by atoms with Crippen LogP contribution in [0.5, 0.6) is 6.01 Å². The summed E-state index contributed by atoms with van der Waals surface area (Å²) in [5.74, 6) is 0. The van der Waals surface area contributed by atoms with Gasteiger partial charge in [-0.15, -0.1) is 0 Å². The maximum absolute atomic E-state index is 12.5. The van der Waals surface area contributed by atoms with Gasteiger partial charge in [-0.1, -0.05) is 48.0 Å². The summed E-state index contributed by atoms with van der Waals surface area (Å²) in [5, 5.41) is 10.4. The number of nitrogens with one attached hydrogen (secondary N) is 1. The monoisotopic (exact) mass is 569 g/mol. The van der Waals surface area contributed by atoms with Crippen LogP contribution in [0.2, 0.25) is 5.02 Å². The predicted molar refractivity (Wildman–Crippen MR) is 150 cm³/mol. The van der Waals surface area contributed by atoms with Crippen LogP contribution in [0.4, 0.5) is 5.69 Å². The number of halogens is 1. The van der Waals surface area contributed by atoms with Gasteiger partial charge in [0.2, 0.25) is 0 Å². The number of imidazole rings is 1. The summed E-state index contributed by atoms with van der Waals surface area (Å²) in [7, 11) is 1.05. The number of nitrogens with zero attached hydrogens (tertiary/aromatic N) is 4. The van der Waals surface area contributed by atoms with E-state index in [1.807, 2.05) is 48.5 Å². The third kappa shape index (κ3) is 5.13. The summed E-state index contributed by atoms with van der Waals surface area (Å²) in [6.45, 7) is 0.538. The van der Waals surface area contributed by atoms with Crippen molar-refractivity contribution in [3.05, 3.63) is 59.6 Å². The molecule has 2 aliphatic rings. The number of rotatable bonds is 6. The molecule has 0 saturated carbocycles. The van der Waals surface area contributed by atoms with Gasteiger partial charge in [0.05, 0.1) is 35.1 Å². The molecule has 2 N–H and O–H groups in total. The Balaban J connectivity index is 1.20. The number of aliphatic hydroxyl groups is 1. The minimum Gasteiger partial charge on any atom is -0.456 e. The Morgan fingerprint density at radius 1 is 1.03 bits per heavy atom. The molecule has 10 nitrogen and oxygen atoms in total. The molecule has 2 aromatic carbocycles. The number of hydrogen-bond donors (Lipinski definition) is 2. The predicted octanol–water partition coefficient (Wildman–Crippen LogP) is 4.06. The fourth-order valence-corrected chi connectivity index (χ4v) is 5.59. The number of aliphatic hydroxyl groups excluding tert-OH is 1. The van der Waals surface area contributed by atoms with Crippen molar-refractivity contribution >= 4 is 38.4 Å². The molecule has 2 aliphatic heterocycles. The average Bonchev–Trinajstić information content (AvgIpc) is 3.60. The van der Waals surface area contributed by atoms with E-state index < -0.39 is 16.0 Å². The lowest BCUT2D eigenvalue weighted by Crippen LogP contribution is -2.34. The number of fused-ring (bicyclic) bond motifs is 2. The summed E-state index contributed by atoms with van der Waals surface area (Å²) in [5.41, 5.74) is 5.26. The molecular formula is C27H28ClN5O5S. The zero-order chi connectivity index (χ0) is 27.3. The summed E-state index contributed by atoms with van der Waals surface area (Å²) in [6.07, 6.45) is -0.129. The fraction of sp³-hybridized carbons (Fsp3) is 0.333. The summed E-state index contributed by atoms with van der Waals surface area (Å²) in [6, 6.07) is 17.6. The van der Waals surface area contributed by atoms with Gasteiger partial charge in [-0.3, -0.25) is 0 Å². The van der Waals surface area contributed by atoms with E-state index in [2.05, 4.69) is 19.3 Å². The molecule has 12 heteroatoms. The Hall–Kier alpha value is -3.06. The van der Waals surface area contributed by atoms with Gasteiger partial charge in [-0.25, -0.2) is 13.5 Å². The van der Waals surface area contributed by atoms with Crippen molar-refractivity contribution in [1.29, 1.82) is 0 Å². The van der Waals surface area contributed by atoms with E-state index in [1.165, 1.54) is 0 Å². The lowest BCUT2D eigenvalue weighted by molar-refractivity contribution is 0.00706. The first-order valence-electron chi connectivity index (χ1n) is 12.4. The molecule has 5 atom stereocenters. The van der Waals surface area contributed by atoms with E-state index in [1.54, 1.807) is 30.7 Å². The van der Waals surface area contributed by atoms with Crippen molar-refractivity contribution < 1.29 is 23.5 Å². The molecule has 0 bridgehead atoms. The average molecular weight is 570 g/mol. The molecule has 0 spiro atoms. The third-order valence-electron chi connectivity index (χ3n) is 6.96. The minimum absolute atomic E-state index is 0.230. The SMILES string of the molecule is CN(C)S(C)(=O)=Nc1ccc(-c2ccc(-c3nc4nc(O[C@@H]5COC6C(O)CO[C@@H]65)[nH]c4cc3Cl)cc2)cc1. The lowest BCUT2D eigenvalue weighted by atomic mass is 10.0. The van der Waals surface area contributed by atoms with Gasteiger partial charge >= 0.3 is 0 Å². The maximum atomic E-state index is 12.5. The minimum atomic E-state index is -2.44. The number of hydrogen-bond acceptors (Lipinski definition) is 8. The number of benzene rings is 2. The van der Waals surface area contributed by atoms with Crippen LogP contribution in [0, 0.1) is 0 Å². The number of H-pyrrole nitrogens is 1. The van der Waals surface area contributed by atoms with Gasteiger partial charge in [-0.2, -0.15) is 9.35 Å². The van der Waals surface area contributed by atoms with Crippen LogP contribution in [0.15, 0.2) is 59.0 Å². The Morgan fingerprint density at radius 3 is 2.36 bits per heavy atom. The zero-order valence-electron chi connectivity index (χ0n) is 21.6. The maximum Gasteiger partial charge on any atom is 0.296 e. The van der Waals surface area contributed by atoms with E-state index in [0.717, 1.165) is 16.7 Å². The highest BCUT2D eigenvalue weighted by Crippen LogP contribution is 2.33. The second-order valence-corrected chi connectivity index (χ2v) is 12.7. The fourth-order valence-electron chi connectivity index (χ4n) is 4.65. The van der Waals surface area contributed by atoms with Gasteiger partial charge in [0.1, 0.15) is 28.2 Å². The van der Waals surface area contributed by atoms with Crippen LogP contribution in [-0.2, 0) is 19.4 Å². The van der Waals surface area contributed by atoms with E-state index >= 15 is 0 Å². The summed E-state index contributed by atoms with van der Waals surface area (Å²) in [4.78, 5) is 12.3. The molecule has 2 aromatic heterocycles. The largest absolute Gasteiger partial charge is 0.456 e. The second-order valence-electron chi connectivity index (χ2n) is 9.84. The second kappa shape index (κ2) is 10.2. The van der Waals surface area contributed by atoms with Crippen LogP contribution in [-0.4, -0.2) is 86.6 Å². The summed E-state index contributed by atoms with van der Waals surface area (Å²) < 4.78 is 35.7. The van der Waals surface area contributed by atoms with Crippen LogP contribution in [0.3, 0.4) is 0 Å². The van der Waals surface area contributed by atoms with Crippen LogP contribution in [0.25, 0.3) is 33.5 Å². The molecule has 0 radical (unpaired) electrons. The number of aromatic amines is 1. The van der Waals surface area contributed by atoms with Gasteiger partial charge in [0, 0.05) is 25.9 Å². The molecule has 3 unspecified atom stereocenters. The third-order valence-corrected chi connectivity index (χ3v) is 9.15. The topological polar surface area (TPSA) is 122 Å². The first-order valence-corrected chi connectivity index (χ1v) is 14.7. The van der Waals surface area contributed by atoms with E-state index in [0.29, 0.717) is 40.2 Å². The quantitative estimate of drug-likeness (QED) is 0.359. The zero-order valence-corrected chi connectivity index (χ0v) is 23.1. The molecule has 2 saturated heterocycles. The van der Waals surface area contributed by atoms with Gasteiger partial charge in [0.25, 0.3) is 6.01 Å². The Labute approximate surface area is 231 Å². The number of ether oxygens (including phenoxy) is 3. The first kappa shape index (κ1) is 26.2. The smallest absolute Gasteiger partial charge is 0.296 e. The van der Waals surface area contributed by atoms with Crippen molar-refractivity contribution in [3.63, 3.8) is 0 Å². The Kier molecular flexibility index (Phi) is 6.82. The molecular weight excluding hydrogens is 542 g/mol. The molecule has 2 fully saturated rings.